The zero-order valence-electron chi connectivity index (χ0n) is 20.5. The Morgan fingerprint density at radius 1 is 1.00 bits per heavy atom. The van der Waals surface area contributed by atoms with E-state index in [1.54, 1.807) is 32.0 Å². The number of hydrogen-bond acceptors (Lipinski definition) is 3. The van der Waals surface area contributed by atoms with Crippen LogP contribution in [0.4, 0.5) is 17.6 Å². The summed E-state index contributed by atoms with van der Waals surface area (Å²) in [5.74, 6) is -4.08. The Morgan fingerprint density at radius 2 is 1.82 bits per heavy atom. The average Bonchev–Trinajstić information content (AvgIpc) is 3.58. The van der Waals surface area contributed by atoms with E-state index in [9.17, 15) is 18.0 Å². The van der Waals surface area contributed by atoms with Gasteiger partial charge in [0, 0.05) is 41.4 Å². The van der Waals surface area contributed by atoms with E-state index in [-0.39, 0.29) is 40.4 Å². The zero-order valence-corrected chi connectivity index (χ0v) is 20.5. The molecule has 2 aromatic heterocycles. The Hall–Kier alpha value is -4.40. The van der Waals surface area contributed by atoms with Crippen LogP contribution in [-0.2, 0) is 11.2 Å². The third-order valence-electron chi connectivity index (χ3n) is 6.53. The number of H-pyrrole nitrogens is 2. The lowest BCUT2D eigenvalue weighted by Crippen LogP contribution is -2.07. The summed E-state index contributed by atoms with van der Waals surface area (Å²) in [6.45, 7) is 3.50. The number of carbonyl (C=O) groups is 1. The predicted molar refractivity (Wildman–Crippen MR) is 135 cm³/mol. The van der Waals surface area contributed by atoms with Crippen molar-refractivity contribution in [1.82, 2.24) is 15.0 Å². The van der Waals surface area contributed by atoms with Gasteiger partial charge in [0.1, 0.15) is 29.5 Å². The Balaban J connectivity index is 1.43. The Labute approximate surface area is 215 Å². The van der Waals surface area contributed by atoms with Gasteiger partial charge in [0.25, 0.3) is 0 Å². The van der Waals surface area contributed by atoms with Gasteiger partial charge in [0.05, 0.1) is 11.1 Å². The minimum absolute atomic E-state index is 0.00290. The number of aromatic amines is 2. The van der Waals surface area contributed by atoms with E-state index in [0.29, 0.717) is 16.8 Å². The summed E-state index contributed by atoms with van der Waals surface area (Å²) in [6, 6.07) is 11.2. The molecule has 0 saturated heterocycles. The summed E-state index contributed by atoms with van der Waals surface area (Å²) >= 11 is 0. The Kier molecular flexibility index (Phi) is 6.75. The molecule has 2 unspecified atom stereocenters. The molecule has 0 aliphatic heterocycles. The summed E-state index contributed by atoms with van der Waals surface area (Å²) in [5, 5.41) is 0.158. The van der Waals surface area contributed by atoms with Crippen LogP contribution in [0.1, 0.15) is 36.6 Å². The highest BCUT2D eigenvalue weighted by Gasteiger charge is 2.21. The SMILES string of the molecule is CC(C=O)Cc1cccc(C(C)c2cnc(-c3cc(Oc4c(F)cc5[nH]ccc5c4F)ccc3F)[nH]2)c1F. The maximum absolute atomic E-state index is 15.2. The van der Waals surface area contributed by atoms with Crippen LogP contribution in [0, 0.1) is 29.2 Å². The number of carbonyl (C=O) groups excluding carboxylic acids is 1. The van der Waals surface area contributed by atoms with Crippen LogP contribution in [0.2, 0.25) is 0 Å². The molecule has 3 aromatic carbocycles. The summed E-state index contributed by atoms with van der Waals surface area (Å²) < 4.78 is 64.8. The van der Waals surface area contributed by atoms with Gasteiger partial charge < -0.3 is 19.5 Å². The van der Waals surface area contributed by atoms with Crippen molar-refractivity contribution in [2.24, 2.45) is 5.92 Å². The minimum Gasteiger partial charge on any atom is -0.451 e. The first-order valence-corrected chi connectivity index (χ1v) is 12.0. The van der Waals surface area contributed by atoms with Gasteiger partial charge in [0.2, 0.25) is 0 Å². The molecule has 2 heterocycles. The first kappa shape index (κ1) is 25.3. The van der Waals surface area contributed by atoms with Gasteiger partial charge in [-0.3, -0.25) is 0 Å². The number of halogens is 4. The van der Waals surface area contributed by atoms with Crippen molar-refractivity contribution in [3.63, 3.8) is 0 Å². The van der Waals surface area contributed by atoms with Gasteiger partial charge in [-0.15, -0.1) is 0 Å². The molecule has 2 atom stereocenters. The highest BCUT2D eigenvalue weighted by atomic mass is 19.1. The van der Waals surface area contributed by atoms with Crippen molar-refractivity contribution in [3.8, 4) is 22.9 Å². The smallest absolute Gasteiger partial charge is 0.199 e. The molecule has 0 bridgehead atoms. The van der Waals surface area contributed by atoms with E-state index >= 15 is 4.39 Å². The molecule has 0 fully saturated rings. The second-order valence-corrected chi connectivity index (χ2v) is 9.23. The first-order chi connectivity index (χ1) is 18.3. The quantitative estimate of drug-likeness (QED) is 0.165. The summed E-state index contributed by atoms with van der Waals surface area (Å²) in [6.07, 6.45) is 4.02. The van der Waals surface area contributed by atoms with E-state index in [1.807, 2.05) is 0 Å². The first-order valence-electron chi connectivity index (χ1n) is 12.0. The number of fused-ring (bicyclic) bond motifs is 1. The number of rotatable bonds is 8. The van der Waals surface area contributed by atoms with Crippen molar-refractivity contribution in [1.29, 1.82) is 0 Å². The largest absolute Gasteiger partial charge is 0.451 e. The minimum atomic E-state index is -0.913. The molecule has 0 aliphatic carbocycles. The summed E-state index contributed by atoms with van der Waals surface area (Å²) in [5.41, 5.74) is 1.66. The lowest BCUT2D eigenvalue weighted by atomic mass is 9.93. The number of nitrogens with zero attached hydrogens (tertiary/aromatic N) is 1. The molecule has 38 heavy (non-hydrogen) atoms. The number of nitrogens with one attached hydrogen (secondary N) is 2. The number of aldehydes is 1. The highest BCUT2D eigenvalue weighted by molar-refractivity contribution is 5.82. The predicted octanol–water partition coefficient (Wildman–Crippen LogP) is 7.44. The average molecular weight is 522 g/mol. The second kappa shape index (κ2) is 10.2. The van der Waals surface area contributed by atoms with E-state index in [0.717, 1.165) is 18.4 Å². The van der Waals surface area contributed by atoms with Crippen LogP contribution in [0.3, 0.4) is 0 Å². The second-order valence-electron chi connectivity index (χ2n) is 9.23. The highest BCUT2D eigenvalue weighted by Crippen LogP contribution is 2.35. The molecule has 0 radical (unpaired) electrons. The molecule has 0 aliphatic rings. The van der Waals surface area contributed by atoms with Crippen LogP contribution < -0.4 is 4.74 Å². The van der Waals surface area contributed by atoms with Crippen molar-refractivity contribution in [2.45, 2.75) is 26.2 Å². The molecule has 0 spiro atoms. The monoisotopic (exact) mass is 521 g/mol. The van der Waals surface area contributed by atoms with Crippen LogP contribution >= 0.6 is 0 Å². The molecule has 0 saturated carbocycles. The van der Waals surface area contributed by atoms with Gasteiger partial charge in [0.15, 0.2) is 17.4 Å². The van der Waals surface area contributed by atoms with E-state index in [1.165, 1.54) is 30.6 Å². The fourth-order valence-corrected chi connectivity index (χ4v) is 4.42. The van der Waals surface area contributed by atoms with Gasteiger partial charge in [-0.1, -0.05) is 32.0 Å². The van der Waals surface area contributed by atoms with Crippen molar-refractivity contribution in [2.75, 3.05) is 0 Å². The lowest BCUT2D eigenvalue weighted by molar-refractivity contribution is -0.110. The number of aromatic nitrogens is 3. The number of hydrogen-bond donors (Lipinski definition) is 2. The Morgan fingerprint density at radius 3 is 2.61 bits per heavy atom. The normalized spacial score (nSPS) is 13.0. The maximum atomic E-state index is 15.2. The molecule has 194 valence electrons. The van der Waals surface area contributed by atoms with Crippen LogP contribution in [0.15, 0.2) is 60.9 Å². The van der Waals surface area contributed by atoms with Crippen molar-refractivity contribution in [3.05, 3.63) is 101 Å². The number of imidazole rings is 1. The number of benzene rings is 3. The van der Waals surface area contributed by atoms with Crippen molar-refractivity contribution < 1.29 is 27.1 Å². The van der Waals surface area contributed by atoms with E-state index in [4.69, 9.17) is 4.74 Å². The van der Waals surface area contributed by atoms with Crippen LogP contribution in [0.5, 0.6) is 11.5 Å². The van der Waals surface area contributed by atoms with Gasteiger partial charge in [-0.05, 0) is 41.8 Å². The molecular formula is C29H23F4N3O2. The molecule has 5 rings (SSSR count). The molecule has 5 nitrogen and oxygen atoms in total. The van der Waals surface area contributed by atoms with Crippen LogP contribution in [0.25, 0.3) is 22.3 Å². The molecule has 2 N–H and O–H groups in total. The van der Waals surface area contributed by atoms with E-state index in [2.05, 4.69) is 15.0 Å². The third-order valence-corrected chi connectivity index (χ3v) is 6.53. The zero-order chi connectivity index (χ0) is 27.0. The van der Waals surface area contributed by atoms with Gasteiger partial charge >= 0.3 is 0 Å². The van der Waals surface area contributed by atoms with Gasteiger partial charge in [-0.25, -0.2) is 22.5 Å². The summed E-state index contributed by atoms with van der Waals surface area (Å²) in [4.78, 5) is 21.0. The Bertz CT molecular complexity index is 1640. The number of ether oxygens (including phenoxy) is 1. The molecular weight excluding hydrogens is 498 g/mol. The fourth-order valence-electron chi connectivity index (χ4n) is 4.42. The lowest BCUT2D eigenvalue weighted by Gasteiger charge is -2.14. The topological polar surface area (TPSA) is 70.8 Å². The van der Waals surface area contributed by atoms with Gasteiger partial charge in [-0.2, -0.15) is 0 Å². The van der Waals surface area contributed by atoms with Crippen molar-refractivity contribution >= 4 is 17.2 Å². The maximum Gasteiger partial charge on any atom is 0.199 e. The molecule has 9 heteroatoms. The molecule has 5 aromatic rings. The van der Waals surface area contributed by atoms with E-state index < -0.39 is 34.9 Å². The fraction of sp³-hybridized carbons (Fsp3) is 0.172. The summed E-state index contributed by atoms with van der Waals surface area (Å²) in [7, 11) is 0. The molecule has 0 amide bonds. The third kappa shape index (κ3) is 4.67. The standard InChI is InChI=1S/C29H23F4N3O2/c1-15(14-37)10-17-4-3-5-19(26(17)32)16(2)25-13-35-29(36-25)21-11-18(6-7-22(21)30)38-28-23(31)12-24-20(27(28)33)8-9-34-24/h3-9,11-16,34H,10H2,1-2H3,(H,35,36). The van der Waals surface area contributed by atoms with Crippen LogP contribution in [-0.4, -0.2) is 21.2 Å².